The lowest BCUT2D eigenvalue weighted by Gasteiger charge is -2.17. The van der Waals surface area contributed by atoms with Crippen LogP contribution in [0.25, 0.3) is 0 Å². The summed E-state index contributed by atoms with van der Waals surface area (Å²) in [5, 5.41) is 2.42. The van der Waals surface area contributed by atoms with Crippen molar-refractivity contribution in [1.82, 2.24) is 0 Å². The van der Waals surface area contributed by atoms with Crippen LogP contribution >= 0.6 is 23.5 Å². The average Bonchev–Trinajstić information content (AvgIpc) is 2.54. The smallest absolute Gasteiger partial charge is 0.237 e. The molecule has 3 nitrogen and oxygen atoms in total. The number of nitrogens with zero attached hydrogens (tertiary/aromatic N) is 1. The van der Waals surface area contributed by atoms with Crippen molar-refractivity contribution in [1.29, 1.82) is 0 Å². The Hall–Kier alpha value is -1.79. The predicted molar refractivity (Wildman–Crippen MR) is 96.9 cm³/mol. The van der Waals surface area contributed by atoms with Crippen LogP contribution in [0.1, 0.15) is 12.5 Å². The SMILES string of the molecule is C[C@@H](SC1=Nc2ccccc2CS1)C(=O)Nc1cccc(F)c1. The van der Waals surface area contributed by atoms with Crippen molar-refractivity contribution < 1.29 is 9.18 Å². The molecule has 1 amide bonds. The number of hydrogen-bond donors (Lipinski definition) is 1. The first-order valence-corrected chi connectivity index (χ1v) is 9.01. The van der Waals surface area contributed by atoms with Crippen LogP contribution < -0.4 is 5.32 Å². The highest BCUT2D eigenvalue weighted by Gasteiger charge is 2.20. The molecule has 0 spiro atoms. The Kier molecular flexibility index (Phi) is 5.03. The van der Waals surface area contributed by atoms with E-state index in [1.165, 1.54) is 29.5 Å². The van der Waals surface area contributed by atoms with Crippen molar-refractivity contribution >= 4 is 45.2 Å². The maximum absolute atomic E-state index is 13.2. The first-order valence-electron chi connectivity index (χ1n) is 7.14. The van der Waals surface area contributed by atoms with E-state index in [-0.39, 0.29) is 17.0 Å². The van der Waals surface area contributed by atoms with E-state index in [0.29, 0.717) is 5.69 Å². The second-order valence-electron chi connectivity index (χ2n) is 5.05. The third kappa shape index (κ3) is 4.14. The molecule has 0 unspecified atom stereocenters. The van der Waals surface area contributed by atoms with Crippen molar-refractivity contribution in [2.24, 2.45) is 4.99 Å². The van der Waals surface area contributed by atoms with Crippen molar-refractivity contribution in [2.45, 2.75) is 17.9 Å². The van der Waals surface area contributed by atoms with E-state index < -0.39 is 0 Å². The zero-order valence-corrected chi connectivity index (χ0v) is 14.1. The van der Waals surface area contributed by atoms with Gasteiger partial charge in [-0.05, 0) is 36.8 Å². The fraction of sp³-hybridized carbons (Fsp3) is 0.176. The van der Waals surface area contributed by atoms with Gasteiger partial charge in [0.25, 0.3) is 0 Å². The van der Waals surface area contributed by atoms with Crippen LogP contribution in [0.5, 0.6) is 0 Å². The monoisotopic (exact) mass is 346 g/mol. The molecule has 0 fully saturated rings. The summed E-state index contributed by atoms with van der Waals surface area (Å²) in [5.41, 5.74) is 2.64. The minimum Gasteiger partial charge on any atom is -0.325 e. The fourth-order valence-electron chi connectivity index (χ4n) is 2.09. The van der Waals surface area contributed by atoms with Gasteiger partial charge in [0.05, 0.1) is 10.9 Å². The zero-order valence-electron chi connectivity index (χ0n) is 12.5. The third-order valence-electron chi connectivity index (χ3n) is 3.29. The third-order valence-corrected chi connectivity index (χ3v) is 5.59. The van der Waals surface area contributed by atoms with Gasteiger partial charge in [-0.15, -0.1) is 0 Å². The summed E-state index contributed by atoms with van der Waals surface area (Å²) in [6, 6.07) is 13.9. The van der Waals surface area contributed by atoms with E-state index >= 15 is 0 Å². The van der Waals surface area contributed by atoms with E-state index in [2.05, 4.69) is 16.4 Å². The van der Waals surface area contributed by atoms with E-state index in [1.54, 1.807) is 23.9 Å². The van der Waals surface area contributed by atoms with Gasteiger partial charge in [-0.25, -0.2) is 9.38 Å². The Labute approximate surface area is 142 Å². The summed E-state index contributed by atoms with van der Waals surface area (Å²) in [6.45, 7) is 1.82. The maximum Gasteiger partial charge on any atom is 0.237 e. The number of thioether (sulfide) groups is 2. The normalized spacial score (nSPS) is 14.6. The number of benzene rings is 2. The lowest BCUT2D eigenvalue weighted by Crippen LogP contribution is -2.23. The molecule has 23 heavy (non-hydrogen) atoms. The van der Waals surface area contributed by atoms with Crippen LogP contribution in [-0.2, 0) is 10.5 Å². The summed E-state index contributed by atoms with van der Waals surface area (Å²) < 4.78 is 14.0. The number of amides is 1. The molecule has 1 aliphatic heterocycles. The second-order valence-corrected chi connectivity index (χ2v) is 7.61. The van der Waals surface area contributed by atoms with Crippen LogP contribution in [0.4, 0.5) is 15.8 Å². The molecule has 0 saturated heterocycles. The molecule has 1 heterocycles. The van der Waals surface area contributed by atoms with Gasteiger partial charge in [0, 0.05) is 11.4 Å². The molecular weight excluding hydrogens is 331 g/mol. The molecule has 118 valence electrons. The lowest BCUT2D eigenvalue weighted by molar-refractivity contribution is -0.115. The molecule has 1 N–H and O–H groups in total. The number of hydrogen-bond acceptors (Lipinski definition) is 4. The first-order chi connectivity index (χ1) is 11.1. The van der Waals surface area contributed by atoms with Crippen LogP contribution in [0.15, 0.2) is 53.5 Å². The number of carbonyl (C=O) groups is 1. The Balaban J connectivity index is 1.64. The Morgan fingerprint density at radius 3 is 2.96 bits per heavy atom. The van der Waals surface area contributed by atoms with Gasteiger partial charge < -0.3 is 5.32 Å². The highest BCUT2D eigenvalue weighted by molar-refractivity contribution is 8.39. The average molecular weight is 346 g/mol. The molecule has 6 heteroatoms. The summed E-state index contributed by atoms with van der Waals surface area (Å²) >= 11 is 3.06. The number of halogens is 1. The Morgan fingerprint density at radius 1 is 1.30 bits per heavy atom. The Bertz CT molecular complexity index is 764. The molecule has 0 bridgehead atoms. The van der Waals surface area contributed by atoms with Crippen molar-refractivity contribution in [3.63, 3.8) is 0 Å². The van der Waals surface area contributed by atoms with Gasteiger partial charge in [-0.2, -0.15) is 0 Å². The predicted octanol–water partition coefficient (Wildman–Crippen LogP) is 4.82. The van der Waals surface area contributed by atoms with Crippen LogP contribution in [0.3, 0.4) is 0 Å². The number of para-hydroxylation sites is 1. The molecular formula is C17H15FN2OS2. The number of nitrogens with one attached hydrogen (secondary N) is 1. The van der Waals surface area contributed by atoms with Gasteiger partial charge in [0.1, 0.15) is 10.2 Å². The molecule has 1 atom stereocenters. The van der Waals surface area contributed by atoms with Crippen LogP contribution in [0.2, 0.25) is 0 Å². The lowest BCUT2D eigenvalue weighted by atomic mass is 10.2. The van der Waals surface area contributed by atoms with E-state index in [0.717, 1.165) is 15.8 Å². The molecule has 0 saturated carbocycles. The first kappa shape index (κ1) is 16.1. The second kappa shape index (κ2) is 7.19. The molecule has 0 aliphatic carbocycles. The maximum atomic E-state index is 13.2. The van der Waals surface area contributed by atoms with Crippen molar-refractivity contribution in [2.75, 3.05) is 5.32 Å². The Morgan fingerprint density at radius 2 is 2.13 bits per heavy atom. The minimum atomic E-state index is -0.369. The number of carbonyl (C=O) groups excluding carboxylic acids is 1. The molecule has 1 aliphatic rings. The summed E-state index contributed by atoms with van der Waals surface area (Å²) in [7, 11) is 0. The summed E-state index contributed by atoms with van der Waals surface area (Å²) in [6.07, 6.45) is 0. The van der Waals surface area contributed by atoms with Gasteiger partial charge in [0.2, 0.25) is 5.91 Å². The summed E-state index contributed by atoms with van der Waals surface area (Å²) in [5.74, 6) is 0.329. The van der Waals surface area contributed by atoms with Crippen LogP contribution in [0, 0.1) is 5.82 Å². The van der Waals surface area contributed by atoms with Crippen LogP contribution in [-0.4, -0.2) is 15.5 Å². The largest absolute Gasteiger partial charge is 0.325 e. The van der Waals surface area contributed by atoms with E-state index in [9.17, 15) is 9.18 Å². The van der Waals surface area contributed by atoms with E-state index in [4.69, 9.17) is 0 Å². The number of anilines is 1. The molecule has 0 radical (unpaired) electrons. The fourth-order valence-corrected chi connectivity index (χ4v) is 4.27. The molecule has 2 aromatic rings. The zero-order chi connectivity index (χ0) is 16.2. The minimum absolute atomic E-state index is 0.164. The topological polar surface area (TPSA) is 41.5 Å². The summed E-state index contributed by atoms with van der Waals surface area (Å²) in [4.78, 5) is 16.8. The molecule has 0 aromatic heterocycles. The van der Waals surface area contributed by atoms with Gasteiger partial charge in [0.15, 0.2) is 0 Å². The molecule has 3 rings (SSSR count). The highest BCUT2D eigenvalue weighted by Crippen LogP contribution is 2.35. The number of aliphatic imine (C=N–C) groups is 1. The standard InChI is InChI=1S/C17H15FN2OS2/c1-11(16(21)19-14-7-4-6-13(18)9-14)23-17-20-15-8-3-2-5-12(15)10-22-17/h2-9,11H,10H2,1H3,(H,19,21)/t11-/m1/s1. The quantitative estimate of drug-likeness (QED) is 0.866. The van der Waals surface area contributed by atoms with Crippen molar-refractivity contribution in [3.8, 4) is 0 Å². The number of rotatable bonds is 3. The van der Waals surface area contributed by atoms with Crippen molar-refractivity contribution in [3.05, 3.63) is 59.9 Å². The molecule has 2 aromatic carbocycles. The van der Waals surface area contributed by atoms with E-state index in [1.807, 2.05) is 25.1 Å². The van der Waals surface area contributed by atoms with Gasteiger partial charge >= 0.3 is 0 Å². The van der Waals surface area contributed by atoms with Gasteiger partial charge in [-0.3, -0.25) is 4.79 Å². The number of fused-ring (bicyclic) bond motifs is 1. The highest BCUT2D eigenvalue weighted by atomic mass is 32.2. The van der Waals surface area contributed by atoms with Gasteiger partial charge in [-0.1, -0.05) is 47.8 Å².